The van der Waals surface area contributed by atoms with Gasteiger partial charge in [-0.15, -0.1) is 0 Å². The molecule has 21 nitrogen and oxygen atoms in total. The first-order chi connectivity index (χ1) is 53.3. The topological polar surface area (TPSA) is 290 Å². The lowest BCUT2D eigenvalue weighted by molar-refractivity contribution is -0.148. The van der Waals surface area contributed by atoms with E-state index in [0.29, 0.717) is 69.7 Å². The van der Waals surface area contributed by atoms with E-state index in [-0.39, 0.29) is 105 Å². The summed E-state index contributed by atoms with van der Waals surface area (Å²) in [5.74, 6) is -0.419. The Kier molecular flexibility index (Phi) is 34.3. The molecular formula is C90H126O21. The molecule has 3 saturated heterocycles. The van der Waals surface area contributed by atoms with E-state index in [1.807, 2.05) is 54.7 Å². The number of aliphatic hydroxyl groups is 6. The van der Waals surface area contributed by atoms with Gasteiger partial charge in [-0.2, -0.15) is 0 Å². The summed E-state index contributed by atoms with van der Waals surface area (Å²) in [5, 5.41) is 65.1. The molecule has 0 aromatic heterocycles. The quantitative estimate of drug-likeness (QED) is 0.0597. The van der Waals surface area contributed by atoms with Gasteiger partial charge in [0.05, 0.1) is 117 Å². The third-order valence-corrected chi connectivity index (χ3v) is 22.4. The number of carbonyl (C=O) groups excluding carboxylic acids is 3. The third kappa shape index (κ3) is 29.6. The zero-order chi connectivity index (χ0) is 79.1. The number of hydrogen-bond acceptors (Lipinski definition) is 21. The summed E-state index contributed by atoms with van der Waals surface area (Å²) in [6, 6.07) is 0. The molecule has 0 saturated carbocycles. The lowest BCUT2D eigenvalue weighted by atomic mass is 9.90. The number of carbonyl (C=O) groups is 3. The second-order valence-corrected chi connectivity index (χ2v) is 33.1. The van der Waals surface area contributed by atoms with Crippen molar-refractivity contribution in [2.75, 3.05) is 19.8 Å². The Morgan fingerprint density at radius 3 is 1.25 bits per heavy atom. The second kappa shape index (κ2) is 43.6. The maximum atomic E-state index is 12.7. The molecule has 1 unspecified atom stereocenters. The molecule has 12 rings (SSSR count). The SMILES string of the molecule is C=C1CC(C)C[C@@H]2CC=C[C@@H](C/C=C\C(=O)O[C@H]3C[C@@H](O[C@H]3/C=C/[C@@H]3CC(C)=CCO3)[C@@H](O)[C@@H](O)C1)O2.C=C1C[C@H](C)C[C@@H]2CC=C[C@@H](C/C=C\C(=O)O[C@@H](/C=C/[C@@H]3CC(C)=CCO3)[C@@H](O)C[C@@H]3O[C@H]3[C@@H](O)C1)O2.C=C1C[C@H](C)C[C@@H]2CC=C[C@@H](C/C=C\C(=O)O[C@H]([C@@H](O)/C=C/[C@@H]3CC(C)=CCO3)C[C@@H]3O[C@H]3[C@@H](O)C1)O2. The van der Waals surface area contributed by atoms with Gasteiger partial charge in [-0.25, -0.2) is 14.4 Å². The van der Waals surface area contributed by atoms with Crippen LogP contribution in [0.1, 0.15) is 176 Å². The van der Waals surface area contributed by atoms with Crippen molar-refractivity contribution >= 4 is 17.9 Å². The van der Waals surface area contributed by atoms with E-state index in [9.17, 15) is 45.0 Å². The minimum Gasteiger partial charge on any atom is -0.456 e. The Morgan fingerprint density at radius 1 is 0.396 bits per heavy atom. The summed E-state index contributed by atoms with van der Waals surface area (Å²) in [5.41, 5.74) is 6.61. The second-order valence-electron chi connectivity index (χ2n) is 33.1. The van der Waals surface area contributed by atoms with E-state index in [2.05, 4.69) is 85.6 Å². The van der Waals surface area contributed by atoms with E-state index >= 15 is 0 Å². The first kappa shape index (κ1) is 87.3. The molecule has 21 heteroatoms. The number of rotatable bonds is 7. The summed E-state index contributed by atoms with van der Waals surface area (Å²) in [6.45, 7) is 26.9. The van der Waals surface area contributed by atoms with Crippen molar-refractivity contribution in [1.82, 2.24) is 0 Å². The average molecular weight is 1540 g/mol. The van der Waals surface area contributed by atoms with Crippen LogP contribution in [0.25, 0.3) is 0 Å². The van der Waals surface area contributed by atoms with Gasteiger partial charge < -0.3 is 87.5 Å². The predicted molar refractivity (Wildman–Crippen MR) is 422 cm³/mol. The summed E-state index contributed by atoms with van der Waals surface area (Å²) in [6.07, 6.45) is 42.3. The van der Waals surface area contributed by atoms with E-state index < -0.39 is 85.1 Å². The summed E-state index contributed by atoms with van der Waals surface area (Å²) in [7, 11) is 0. The first-order valence-electron chi connectivity index (χ1n) is 40.8. The maximum Gasteiger partial charge on any atom is 0.331 e. The van der Waals surface area contributed by atoms with Crippen molar-refractivity contribution in [3.63, 3.8) is 0 Å². The number of aliphatic hydroxyl groups excluding tert-OH is 6. The van der Waals surface area contributed by atoms with Gasteiger partial charge in [0.2, 0.25) is 0 Å². The van der Waals surface area contributed by atoms with Crippen LogP contribution in [0.15, 0.2) is 181 Å². The molecule has 12 aliphatic rings. The van der Waals surface area contributed by atoms with E-state index in [4.69, 9.17) is 56.8 Å². The normalized spacial score (nSPS) is 40.6. The number of cyclic esters (lactones) is 2. The number of epoxide rings is 2. The highest BCUT2D eigenvalue weighted by molar-refractivity contribution is 5.83. The van der Waals surface area contributed by atoms with Crippen molar-refractivity contribution in [2.24, 2.45) is 17.8 Å². The molecule has 0 spiro atoms. The highest BCUT2D eigenvalue weighted by Gasteiger charge is 2.49. The van der Waals surface area contributed by atoms with Crippen LogP contribution in [0.5, 0.6) is 0 Å². The lowest BCUT2D eigenvalue weighted by Crippen LogP contribution is -2.37. The van der Waals surface area contributed by atoms with Crippen molar-refractivity contribution < 1.29 is 102 Å². The molecular weight excluding hydrogens is 1420 g/mol. The molecule has 3 fully saturated rings. The largest absolute Gasteiger partial charge is 0.456 e. The number of fused-ring (bicyclic) bond motifs is 10. The molecule has 0 amide bonds. The fourth-order valence-electron chi connectivity index (χ4n) is 16.5. The molecule has 0 radical (unpaired) electrons. The number of ether oxygens (including phenoxy) is 12. The standard InChI is InChI=1S/3C30H42O7/c1-19-12-13-34-23(15-19)10-11-27-25(31)18-28-30(37-28)26(32)17-21(3)14-20(2)16-24-8-4-6-22(35-24)7-5-9-29(33)36-27;1-19-12-13-34-23(15-19)10-11-26-27-18-28(36-26)30(33)25(31)17-21(3)14-20(2)16-24-8-4-6-22(35-24)7-5-9-29(32)37-27;1-19-12-13-34-23(15-19)10-11-25(31)27-18-28-30(37-28)26(32)17-21(3)14-20(2)16-24-8-4-6-22(35-24)7-5-9-29(33)36-27/h4-6,9-12,20,22-28,30-32H,3,7-8,13-18H2,1-2H3;4-6,9-12,20,22-28,30-31,33H,3,7-8,13-18H2,1-2H3;4-6,9-12,20,22-28,30-32H,3,7-8,13-18H2,1-2H3/b3*9-5-,11-10+/t20-,22-,23+,24-,25-,26-,27-,28-,30-;20?,22-,23+,24-,25-,26-,27-,28+,30-;20-,22-,23+,24-,25-,26-,27-,28-,30-/m000/s1. The zero-order valence-corrected chi connectivity index (χ0v) is 66.1. The van der Waals surface area contributed by atoms with Crippen LogP contribution in [-0.2, 0) is 71.2 Å². The van der Waals surface area contributed by atoms with Gasteiger partial charge >= 0.3 is 17.9 Å². The lowest BCUT2D eigenvalue weighted by Gasteiger charge is -2.28. The molecule has 0 aliphatic carbocycles. The van der Waals surface area contributed by atoms with Crippen LogP contribution in [0.3, 0.4) is 0 Å². The Morgan fingerprint density at radius 2 is 0.802 bits per heavy atom. The molecule has 0 aromatic rings. The van der Waals surface area contributed by atoms with Crippen molar-refractivity contribution in [3.8, 4) is 0 Å². The number of esters is 3. The Balaban J connectivity index is 0.000000177. The van der Waals surface area contributed by atoms with Gasteiger partial charge in [-0.05, 0) is 160 Å². The highest BCUT2D eigenvalue weighted by atomic mass is 16.6. The van der Waals surface area contributed by atoms with Crippen molar-refractivity contribution in [1.29, 1.82) is 0 Å². The van der Waals surface area contributed by atoms with Gasteiger partial charge in [-0.1, -0.05) is 177 Å². The fraction of sp³-hybridized carbons (Fsp3) is 0.633. The Hall–Kier alpha value is -6.09. The average Bonchev–Trinajstić information content (AvgIpc) is 1.67. The highest BCUT2D eigenvalue weighted by Crippen LogP contribution is 2.39. The maximum absolute atomic E-state index is 12.7. The minimum atomic E-state index is -1.12. The Labute approximate surface area is 657 Å². The van der Waals surface area contributed by atoms with E-state index in [1.54, 1.807) is 30.4 Å². The third-order valence-electron chi connectivity index (χ3n) is 22.4. The smallest absolute Gasteiger partial charge is 0.331 e. The summed E-state index contributed by atoms with van der Waals surface area (Å²) >= 11 is 0. The van der Waals surface area contributed by atoms with Gasteiger partial charge in [0.25, 0.3) is 0 Å². The minimum absolute atomic E-state index is 0.0723. The van der Waals surface area contributed by atoms with E-state index in [1.165, 1.54) is 34.9 Å². The molecule has 12 heterocycles. The molecule has 8 bridgehead atoms. The van der Waals surface area contributed by atoms with Crippen LogP contribution < -0.4 is 0 Å². The molecule has 0 aromatic carbocycles. The van der Waals surface area contributed by atoms with Crippen LogP contribution in [0.2, 0.25) is 0 Å². The van der Waals surface area contributed by atoms with Crippen LogP contribution in [0.4, 0.5) is 0 Å². The van der Waals surface area contributed by atoms with E-state index in [0.717, 1.165) is 93.8 Å². The fourth-order valence-corrected chi connectivity index (χ4v) is 16.5. The van der Waals surface area contributed by atoms with Crippen molar-refractivity contribution in [2.45, 2.75) is 323 Å². The van der Waals surface area contributed by atoms with Crippen LogP contribution >= 0.6 is 0 Å². The molecule has 111 heavy (non-hydrogen) atoms. The molecule has 6 N–H and O–H groups in total. The summed E-state index contributed by atoms with van der Waals surface area (Å²) in [4.78, 5) is 38.0. The first-order valence-corrected chi connectivity index (χ1v) is 40.8. The zero-order valence-electron chi connectivity index (χ0n) is 66.1. The van der Waals surface area contributed by atoms with Gasteiger partial charge in [0.1, 0.15) is 48.8 Å². The number of hydrogen-bond donors (Lipinski definition) is 6. The van der Waals surface area contributed by atoms with Gasteiger partial charge in [0.15, 0.2) is 0 Å². The predicted octanol–water partition coefficient (Wildman–Crippen LogP) is 12.3. The molecule has 12 aliphatic heterocycles. The van der Waals surface area contributed by atoms with Crippen molar-refractivity contribution in [3.05, 3.63) is 181 Å². The Bertz CT molecular complexity index is 3460. The monoisotopic (exact) mass is 1540 g/mol. The molecule has 27 atom stereocenters. The molecule has 612 valence electrons. The van der Waals surface area contributed by atoms with Gasteiger partial charge in [-0.3, -0.25) is 0 Å². The van der Waals surface area contributed by atoms with Crippen LogP contribution in [0, 0.1) is 17.8 Å². The summed E-state index contributed by atoms with van der Waals surface area (Å²) < 4.78 is 70.6. The van der Waals surface area contributed by atoms with Crippen LogP contribution in [-0.4, -0.2) is 215 Å². The van der Waals surface area contributed by atoms with Gasteiger partial charge in [0, 0.05) is 37.5 Å².